The van der Waals surface area contributed by atoms with Crippen LogP contribution in [0.3, 0.4) is 0 Å². The van der Waals surface area contributed by atoms with Crippen molar-refractivity contribution in [2.24, 2.45) is 0 Å². The van der Waals surface area contributed by atoms with Crippen molar-refractivity contribution < 1.29 is 4.74 Å². The molecular formula is C16H18N6O2. The van der Waals surface area contributed by atoms with Crippen LogP contribution in [0.4, 0.5) is 0 Å². The van der Waals surface area contributed by atoms with E-state index in [0.29, 0.717) is 26.3 Å². The number of nitrogens with zero attached hydrogens (tertiary/aromatic N) is 6. The molecule has 0 bridgehead atoms. The van der Waals surface area contributed by atoms with E-state index >= 15 is 0 Å². The Morgan fingerprint density at radius 3 is 3.00 bits per heavy atom. The van der Waals surface area contributed by atoms with Gasteiger partial charge in [-0.1, -0.05) is 12.1 Å². The second-order valence-corrected chi connectivity index (χ2v) is 5.96. The van der Waals surface area contributed by atoms with Crippen LogP contribution in [0, 0.1) is 13.8 Å². The molecule has 3 heterocycles. The smallest absolute Gasteiger partial charge is 0.364 e. The molecule has 24 heavy (non-hydrogen) atoms. The molecule has 0 unspecified atom stereocenters. The van der Waals surface area contributed by atoms with E-state index < -0.39 is 0 Å². The molecule has 8 heteroatoms. The van der Waals surface area contributed by atoms with Crippen LogP contribution in [0.15, 0.2) is 29.3 Å². The predicted molar refractivity (Wildman–Crippen MR) is 86.1 cm³/mol. The first-order valence-electron chi connectivity index (χ1n) is 7.84. The van der Waals surface area contributed by atoms with Gasteiger partial charge in [-0.3, -0.25) is 0 Å². The lowest BCUT2D eigenvalue weighted by atomic mass is 10.1. The summed E-state index contributed by atoms with van der Waals surface area (Å²) in [5, 5.41) is 8.36. The summed E-state index contributed by atoms with van der Waals surface area (Å²) in [6.07, 6.45) is 1.56. The van der Waals surface area contributed by atoms with Crippen LogP contribution < -0.4 is 5.69 Å². The lowest BCUT2D eigenvalue weighted by Crippen LogP contribution is -2.27. The molecule has 2 aromatic heterocycles. The van der Waals surface area contributed by atoms with Gasteiger partial charge in [0, 0.05) is 6.54 Å². The standard InChI is InChI=1S/C16H18N6O2/c1-11-3-4-12(2)13(7-11)22-10-17-16(23)21(22)8-14-18-19-15-9-24-6-5-20(14)15/h3-4,7,10H,5-6,8-9H2,1-2H3. The average molecular weight is 326 g/mol. The zero-order valence-electron chi connectivity index (χ0n) is 13.6. The SMILES string of the molecule is Cc1ccc(C)c(-n2cnc(=O)n2Cc2nnc3n2CCOC3)c1. The van der Waals surface area contributed by atoms with Gasteiger partial charge in [0.15, 0.2) is 11.6 Å². The maximum atomic E-state index is 12.3. The third-order valence-corrected chi connectivity index (χ3v) is 4.26. The second-order valence-electron chi connectivity index (χ2n) is 5.96. The van der Waals surface area contributed by atoms with E-state index in [-0.39, 0.29) is 5.69 Å². The largest absolute Gasteiger partial charge is 0.372 e. The van der Waals surface area contributed by atoms with Crippen LogP contribution in [-0.2, 0) is 24.4 Å². The summed E-state index contributed by atoms with van der Waals surface area (Å²) in [5.74, 6) is 1.53. The highest BCUT2D eigenvalue weighted by Crippen LogP contribution is 2.16. The maximum Gasteiger partial charge on any atom is 0.364 e. The highest BCUT2D eigenvalue weighted by molar-refractivity contribution is 5.42. The summed E-state index contributed by atoms with van der Waals surface area (Å²) in [6.45, 7) is 6.14. The Bertz CT molecular complexity index is 952. The fourth-order valence-electron chi connectivity index (χ4n) is 2.94. The van der Waals surface area contributed by atoms with Crippen molar-refractivity contribution in [1.29, 1.82) is 0 Å². The Labute approximate surface area is 138 Å². The van der Waals surface area contributed by atoms with Crippen molar-refractivity contribution in [3.63, 3.8) is 0 Å². The third-order valence-electron chi connectivity index (χ3n) is 4.26. The molecule has 0 N–H and O–H groups in total. The van der Waals surface area contributed by atoms with E-state index in [9.17, 15) is 4.79 Å². The molecule has 0 atom stereocenters. The fraction of sp³-hybridized carbons (Fsp3) is 0.375. The van der Waals surface area contributed by atoms with Gasteiger partial charge in [0.1, 0.15) is 19.5 Å². The van der Waals surface area contributed by atoms with E-state index in [1.54, 1.807) is 15.7 Å². The number of aryl methyl sites for hydroxylation is 2. The highest BCUT2D eigenvalue weighted by Gasteiger charge is 2.18. The van der Waals surface area contributed by atoms with Crippen LogP contribution in [-0.4, -0.2) is 35.7 Å². The van der Waals surface area contributed by atoms with Gasteiger partial charge in [-0.05, 0) is 31.0 Å². The zero-order chi connectivity index (χ0) is 16.7. The molecule has 0 saturated heterocycles. The molecule has 4 rings (SSSR count). The van der Waals surface area contributed by atoms with Gasteiger partial charge in [-0.15, -0.1) is 10.2 Å². The number of hydrogen-bond acceptors (Lipinski definition) is 5. The topological polar surface area (TPSA) is 79.8 Å². The molecule has 0 aliphatic carbocycles. The lowest BCUT2D eigenvalue weighted by molar-refractivity contribution is 0.0804. The molecule has 0 radical (unpaired) electrons. The van der Waals surface area contributed by atoms with Crippen molar-refractivity contribution in [1.82, 2.24) is 29.1 Å². The fourth-order valence-corrected chi connectivity index (χ4v) is 2.94. The summed E-state index contributed by atoms with van der Waals surface area (Å²) in [5.41, 5.74) is 2.83. The Kier molecular flexibility index (Phi) is 3.53. The minimum atomic E-state index is -0.305. The quantitative estimate of drug-likeness (QED) is 0.712. The average Bonchev–Trinajstić information content (AvgIpc) is 3.15. The highest BCUT2D eigenvalue weighted by atomic mass is 16.5. The van der Waals surface area contributed by atoms with E-state index in [0.717, 1.165) is 28.5 Å². The molecular weight excluding hydrogens is 308 g/mol. The molecule has 1 aliphatic heterocycles. The van der Waals surface area contributed by atoms with Crippen molar-refractivity contribution in [2.45, 2.75) is 33.5 Å². The summed E-state index contributed by atoms with van der Waals surface area (Å²) in [6, 6.07) is 6.13. The first-order valence-corrected chi connectivity index (χ1v) is 7.84. The van der Waals surface area contributed by atoms with Crippen molar-refractivity contribution in [2.75, 3.05) is 6.61 Å². The van der Waals surface area contributed by atoms with Crippen molar-refractivity contribution >= 4 is 0 Å². The molecule has 3 aromatic rings. The predicted octanol–water partition coefficient (Wildman–Crippen LogP) is 0.821. The Morgan fingerprint density at radius 1 is 1.25 bits per heavy atom. The Balaban J connectivity index is 1.77. The van der Waals surface area contributed by atoms with Crippen molar-refractivity contribution in [3.05, 3.63) is 57.8 Å². The third kappa shape index (κ3) is 2.44. The number of ether oxygens (including phenoxy) is 1. The molecule has 0 spiro atoms. The van der Waals surface area contributed by atoms with Gasteiger partial charge in [0.05, 0.1) is 12.3 Å². The van der Waals surface area contributed by atoms with Gasteiger partial charge in [0.2, 0.25) is 0 Å². The van der Waals surface area contributed by atoms with E-state index in [4.69, 9.17) is 4.74 Å². The van der Waals surface area contributed by atoms with Gasteiger partial charge in [0.25, 0.3) is 0 Å². The maximum absolute atomic E-state index is 12.3. The van der Waals surface area contributed by atoms with E-state index in [2.05, 4.69) is 15.2 Å². The van der Waals surface area contributed by atoms with Gasteiger partial charge >= 0.3 is 5.69 Å². The zero-order valence-corrected chi connectivity index (χ0v) is 13.6. The van der Waals surface area contributed by atoms with Crippen LogP contribution in [0.1, 0.15) is 22.8 Å². The number of rotatable bonds is 3. The summed E-state index contributed by atoms with van der Waals surface area (Å²) >= 11 is 0. The lowest BCUT2D eigenvalue weighted by Gasteiger charge is -2.17. The first kappa shape index (κ1) is 14.8. The summed E-state index contributed by atoms with van der Waals surface area (Å²) in [7, 11) is 0. The number of aromatic nitrogens is 6. The van der Waals surface area contributed by atoms with Crippen LogP contribution in [0.2, 0.25) is 0 Å². The van der Waals surface area contributed by atoms with Crippen molar-refractivity contribution in [3.8, 4) is 5.69 Å². The van der Waals surface area contributed by atoms with E-state index in [1.165, 1.54) is 0 Å². The van der Waals surface area contributed by atoms with Gasteiger partial charge in [-0.25, -0.2) is 14.2 Å². The normalized spacial score (nSPS) is 13.9. The van der Waals surface area contributed by atoms with Crippen LogP contribution in [0.5, 0.6) is 0 Å². The Hall–Kier alpha value is -2.74. The second kappa shape index (κ2) is 5.72. The Morgan fingerprint density at radius 2 is 2.12 bits per heavy atom. The molecule has 124 valence electrons. The summed E-state index contributed by atoms with van der Waals surface area (Å²) < 4.78 is 10.8. The molecule has 0 fully saturated rings. The molecule has 1 aromatic carbocycles. The molecule has 1 aliphatic rings. The number of hydrogen-bond donors (Lipinski definition) is 0. The van der Waals surface area contributed by atoms with Crippen LogP contribution >= 0.6 is 0 Å². The summed E-state index contributed by atoms with van der Waals surface area (Å²) in [4.78, 5) is 16.2. The van der Waals surface area contributed by atoms with Crippen LogP contribution in [0.25, 0.3) is 5.69 Å². The molecule has 0 saturated carbocycles. The number of benzene rings is 1. The van der Waals surface area contributed by atoms with Gasteiger partial charge in [-0.2, -0.15) is 4.98 Å². The number of fused-ring (bicyclic) bond motifs is 1. The first-order chi connectivity index (χ1) is 11.6. The molecule has 0 amide bonds. The van der Waals surface area contributed by atoms with Gasteiger partial charge < -0.3 is 9.30 Å². The monoisotopic (exact) mass is 326 g/mol. The van der Waals surface area contributed by atoms with E-state index in [1.807, 2.05) is 36.6 Å². The molecule has 8 nitrogen and oxygen atoms in total. The minimum Gasteiger partial charge on any atom is -0.372 e. The minimum absolute atomic E-state index is 0.305.